The monoisotopic (exact) mass is 572 g/mol. The largest absolute Gasteiger partial charge is 0.496 e. The Bertz CT molecular complexity index is 1640. The third kappa shape index (κ3) is 5.70. The van der Waals surface area contributed by atoms with Crippen LogP contribution in [-0.2, 0) is 4.79 Å². The van der Waals surface area contributed by atoms with Crippen LogP contribution >= 0.6 is 0 Å². The van der Waals surface area contributed by atoms with E-state index in [0.717, 1.165) is 28.7 Å². The molecule has 0 atom stereocenters. The second-order valence-corrected chi connectivity index (χ2v) is 10.2. The van der Waals surface area contributed by atoms with Crippen LogP contribution in [0.15, 0.2) is 55.4 Å². The van der Waals surface area contributed by atoms with Gasteiger partial charge in [-0.2, -0.15) is 0 Å². The second-order valence-electron chi connectivity index (χ2n) is 10.2. The van der Waals surface area contributed by atoms with Crippen molar-refractivity contribution in [3.05, 3.63) is 60.9 Å². The van der Waals surface area contributed by atoms with E-state index in [1.807, 2.05) is 75.3 Å². The normalized spacial score (nSPS) is 11.0. The van der Waals surface area contributed by atoms with Gasteiger partial charge in [0, 0.05) is 63.6 Å². The molecule has 42 heavy (non-hydrogen) atoms. The highest BCUT2D eigenvalue weighted by Crippen LogP contribution is 2.46. The predicted octanol–water partition coefficient (Wildman–Crippen LogP) is 3.37. The first-order valence-electron chi connectivity index (χ1n) is 13.2. The van der Waals surface area contributed by atoms with Crippen LogP contribution in [0.4, 0.5) is 17.2 Å². The number of amides is 1. The summed E-state index contributed by atoms with van der Waals surface area (Å²) in [7, 11) is 11.3. The van der Waals surface area contributed by atoms with E-state index in [1.165, 1.54) is 18.5 Å². The minimum atomic E-state index is -1.12. The van der Waals surface area contributed by atoms with Crippen LogP contribution in [0.5, 0.6) is 5.75 Å². The summed E-state index contributed by atoms with van der Waals surface area (Å²) in [5, 5.41) is 14.9. The smallest absolute Gasteiger partial charge is 0.338 e. The number of carbonyl (C=O) groups is 2. The quantitative estimate of drug-likeness (QED) is 0.229. The molecule has 0 fully saturated rings. The summed E-state index contributed by atoms with van der Waals surface area (Å²) >= 11 is 0. The third-order valence-electron chi connectivity index (χ3n) is 6.87. The summed E-state index contributed by atoms with van der Waals surface area (Å²) < 4.78 is 7.74. The zero-order valence-electron chi connectivity index (χ0n) is 24.7. The van der Waals surface area contributed by atoms with Gasteiger partial charge in [0.2, 0.25) is 5.91 Å². The van der Waals surface area contributed by atoms with Gasteiger partial charge in [-0.3, -0.25) is 4.79 Å². The first kappa shape index (κ1) is 29.9. The number of ether oxygens (including phenoxy) is 1. The molecule has 4 N–H and O–H groups in total. The fraction of sp³-hybridized carbons (Fsp3) is 0.267. The number of nitrogens with two attached hydrogens (primary N) is 1. The number of nitrogens with zero attached hydrogens (tertiary/aromatic N) is 6. The Kier molecular flexibility index (Phi) is 8.67. The SMILES string of the molecule is C=CC(=O)Nc1cc(-c2cccc3c2c(-c2ncc(C(=O)O)cn2)c(N)n3N(C)C)c(OC)cc1N(C)CCN(C)C. The zero-order chi connectivity index (χ0) is 30.7. The van der Waals surface area contributed by atoms with Crippen molar-refractivity contribution >= 4 is 40.0 Å². The number of aromatic nitrogens is 3. The molecule has 0 radical (unpaired) electrons. The number of benzene rings is 2. The van der Waals surface area contributed by atoms with Gasteiger partial charge in [-0.15, -0.1) is 0 Å². The molecular weight excluding hydrogens is 536 g/mol. The maximum atomic E-state index is 12.5. The lowest BCUT2D eigenvalue weighted by atomic mass is 9.96. The number of carboxylic acids is 1. The van der Waals surface area contributed by atoms with Gasteiger partial charge in [-0.1, -0.05) is 18.7 Å². The van der Waals surface area contributed by atoms with Crippen molar-refractivity contribution < 1.29 is 19.4 Å². The molecule has 2 heterocycles. The number of fused-ring (bicyclic) bond motifs is 1. The van der Waals surface area contributed by atoms with E-state index in [2.05, 4.69) is 31.7 Å². The predicted molar refractivity (Wildman–Crippen MR) is 167 cm³/mol. The van der Waals surface area contributed by atoms with Crippen molar-refractivity contribution in [3.8, 4) is 28.3 Å². The molecule has 2 aromatic heterocycles. The Morgan fingerprint density at radius 3 is 2.36 bits per heavy atom. The standard InChI is InChI=1S/C30H36N8O4/c1-8-25(39)34-21-14-20(24(42-7)15-23(21)37(6)13-12-35(2)3)19-10-9-11-22-26(19)27(28(31)38(22)36(4)5)29-32-16-18(17-33-29)30(40)41/h8-11,14-17H,1,12-13,31H2,2-7H3,(H,34,39)(H,40,41). The minimum Gasteiger partial charge on any atom is -0.496 e. The van der Waals surface area contributed by atoms with Crippen LogP contribution in [-0.4, -0.2) is 92.0 Å². The average Bonchev–Trinajstić information content (AvgIpc) is 3.27. The van der Waals surface area contributed by atoms with Crippen molar-refractivity contribution in [1.82, 2.24) is 19.5 Å². The maximum absolute atomic E-state index is 12.5. The van der Waals surface area contributed by atoms with E-state index < -0.39 is 5.97 Å². The number of rotatable bonds is 11. The Hall–Kier alpha value is -5.10. The van der Waals surface area contributed by atoms with Crippen LogP contribution in [0.1, 0.15) is 10.4 Å². The summed E-state index contributed by atoms with van der Waals surface area (Å²) in [5.74, 6) is -0.239. The van der Waals surface area contributed by atoms with Gasteiger partial charge < -0.3 is 35.7 Å². The molecule has 12 nitrogen and oxygen atoms in total. The molecule has 0 bridgehead atoms. The van der Waals surface area contributed by atoms with Gasteiger partial charge in [0.1, 0.15) is 11.6 Å². The highest BCUT2D eigenvalue weighted by molar-refractivity contribution is 6.11. The lowest BCUT2D eigenvalue weighted by Crippen LogP contribution is -2.29. The summed E-state index contributed by atoms with van der Waals surface area (Å²) in [6.45, 7) is 5.12. The van der Waals surface area contributed by atoms with E-state index in [9.17, 15) is 14.7 Å². The molecule has 0 aliphatic heterocycles. The molecule has 0 saturated carbocycles. The number of carboxylic acid groups (broad SMARTS) is 1. The number of hydrogen-bond donors (Lipinski definition) is 3. The summed E-state index contributed by atoms with van der Waals surface area (Å²) in [4.78, 5) is 36.8. The lowest BCUT2D eigenvalue weighted by molar-refractivity contribution is -0.111. The highest BCUT2D eigenvalue weighted by Gasteiger charge is 2.25. The van der Waals surface area contributed by atoms with Crippen LogP contribution < -0.4 is 25.7 Å². The maximum Gasteiger partial charge on any atom is 0.338 e. The van der Waals surface area contributed by atoms with E-state index in [4.69, 9.17) is 10.5 Å². The number of carbonyl (C=O) groups excluding carboxylic acids is 1. The molecule has 4 rings (SSSR count). The topological polar surface area (TPSA) is 142 Å². The molecule has 0 unspecified atom stereocenters. The van der Waals surface area contributed by atoms with Crippen LogP contribution in [0.2, 0.25) is 0 Å². The Morgan fingerprint density at radius 1 is 1.10 bits per heavy atom. The molecule has 12 heteroatoms. The number of anilines is 3. The molecule has 0 aliphatic carbocycles. The average molecular weight is 573 g/mol. The van der Waals surface area contributed by atoms with Gasteiger partial charge in [-0.25, -0.2) is 19.4 Å². The van der Waals surface area contributed by atoms with Crippen molar-refractivity contribution in [3.63, 3.8) is 0 Å². The van der Waals surface area contributed by atoms with E-state index in [-0.39, 0.29) is 17.3 Å². The van der Waals surface area contributed by atoms with Crippen LogP contribution in [0, 0.1) is 0 Å². The highest BCUT2D eigenvalue weighted by atomic mass is 16.5. The summed E-state index contributed by atoms with van der Waals surface area (Å²) in [6.07, 6.45) is 3.74. The number of hydrogen-bond acceptors (Lipinski definition) is 9. The summed E-state index contributed by atoms with van der Waals surface area (Å²) in [6, 6.07) is 9.54. The first-order valence-corrected chi connectivity index (χ1v) is 13.2. The summed E-state index contributed by atoms with van der Waals surface area (Å²) in [5.41, 5.74) is 10.8. The molecule has 2 aromatic carbocycles. The fourth-order valence-electron chi connectivity index (χ4n) is 4.81. The van der Waals surface area contributed by atoms with Crippen molar-refractivity contribution in [2.75, 3.05) is 76.4 Å². The van der Waals surface area contributed by atoms with E-state index in [1.54, 1.807) is 7.11 Å². The number of aromatic carboxylic acids is 1. The molecule has 0 spiro atoms. The number of methoxy groups -OCH3 is 1. The van der Waals surface area contributed by atoms with Gasteiger partial charge in [0.15, 0.2) is 5.82 Å². The van der Waals surface area contributed by atoms with Crippen LogP contribution in [0.25, 0.3) is 33.4 Å². The third-order valence-corrected chi connectivity index (χ3v) is 6.87. The van der Waals surface area contributed by atoms with Gasteiger partial charge >= 0.3 is 5.97 Å². The van der Waals surface area contributed by atoms with Gasteiger partial charge in [-0.05, 0) is 37.9 Å². The van der Waals surface area contributed by atoms with E-state index >= 15 is 0 Å². The Balaban J connectivity index is 2.03. The molecule has 1 amide bonds. The second kappa shape index (κ2) is 12.2. The fourth-order valence-corrected chi connectivity index (χ4v) is 4.81. The van der Waals surface area contributed by atoms with Crippen molar-refractivity contribution in [2.45, 2.75) is 0 Å². The molecular formula is C30H36N8O4. The molecule has 220 valence electrons. The Morgan fingerprint density at radius 2 is 1.79 bits per heavy atom. The number of likely N-dealkylation sites (N-methyl/N-ethyl adjacent to an activating group) is 2. The van der Waals surface area contributed by atoms with Gasteiger partial charge in [0.05, 0.1) is 35.1 Å². The van der Waals surface area contributed by atoms with Crippen LogP contribution in [0.3, 0.4) is 0 Å². The first-order chi connectivity index (χ1) is 20.0. The zero-order valence-corrected chi connectivity index (χ0v) is 24.7. The van der Waals surface area contributed by atoms with Crippen molar-refractivity contribution in [2.24, 2.45) is 0 Å². The molecule has 0 saturated heterocycles. The number of nitrogen functional groups attached to an aromatic ring is 1. The van der Waals surface area contributed by atoms with Crippen molar-refractivity contribution in [1.29, 1.82) is 0 Å². The lowest BCUT2D eigenvalue weighted by Gasteiger charge is -2.26. The van der Waals surface area contributed by atoms with Gasteiger partial charge in [0.25, 0.3) is 0 Å². The van der Waals surface area contributed by atoms with E-state index in [0.29, 0.717) is 34.9 Å². The minimum absolute atomic E-state index is 0.0351. The molecule has 4 aromatic rings. The molecule has 0 aliphatic rings. The number of nitrogens with one attached hydrogen (secondary N) is 1. The Labute approximate surface area is 244 Å².